The van der Waals surface area contributed by atoms with Crippen molar-refractivity contribution in [3.8, 4) is 5.75 Å². The van der Waals surface area contributed by atoms with E-state index in [4.69, 9.17) is 13.9 Å². The maximum atomic E-state index is 12.8. The van der Waals surface area contributed by atoms with Gasteiger partial charge in [-0.2, -0.15) is 0 Å². The number of rotatable bonds is 9. The van der Waals surface area contributed by atoms with Crippen molar-refractivity contribution in [1.29, 1.82) is 0 Å². The smallest absolute Gasteiger partial charge is 0.410 e. The van der Waals surface area contributed by atoms with E-state index in [1.54, 1.807) is 7.11 Å². The highest BCUT2D eigenvalue weighted by Gasteiger charge is 2.51. The summed E-state index contributed by atoms with van der Waals surface area (Å²) < 4.78 is 18.4. The molecule has 0 aromatic heterocycles. The summed E-state index contributed by atoms with van der Waals surface area (Å²) in [5, 5.41) is 2.39. The molecule has 3 aromatic carbocycles. The first-order chi connectivity index (χ1) is 17.7. The normalized spacial score (nSPS) is 19.0. The molecular weight excluding hydrogens is 478 g/mol. The highest BCUT2D eigenvalue weighted by atomic mass is 28.4. The molecule has 3 aromatic rings. The number of carbonyl (C=O) groups is 1. The van der Waals surface area contributed by atoms with E-state index in [1.807, 2.05) is 29.2 Å². The number of carbonyl (C=O) groups excluding carboxylic acids is 1. The highest BCUT2D eigenvalue weighted by molar-refractivity contribution is 6.99. The number of amides is 1. The third kappa shape index (κ3) is 5.60. The maximum absolute atomic E-state index is 12.8. The lowest BCUT2D eigenvalue weighted by Gasteiger charge is -2.45. The van der Waals surface area contributed by atoms with Gasteiger partial charge in [0.05, 0.1) is 13.2 Å². The number of cyclic esters (lactones) is 1. The monoisotopic (exact) mass is 517 g/mol. The Bertz CT molecular complexity index is 1120. The van der Waals surface area contributed by atoms with Crippen LogP contribution in [0.3, 0.4) is 0 Å². The van der Waals surface area contributed by atoms with E-state index < -0.39 is 8.32 Å². The minimum atomic E-state index is -2.68. The number of hydrogen-bond donors (Lipinski definition) is 0. The van der Waals surface area contributed by atoms with Crippen LogP contribution in [0.25, 0.3) is 0 Å². The molecule has 1 aliphatic rings. The summed E-state index contributed by atoms with van der Waals surface area (Å²) in [6.07, 6.45) is 0.0219. The molecule has 196 valence electrons. The summed E-state index contributed by atoms with van der Waals surface area (Å²) in [5.74, 6) is 0.799. The fourth-order valence-electron chi connectivity index (χ4n) is 5.41. The van der Waals surface area contributed by atoms with Gasteiger partial charge in [-0.25, -0.2) is 4.79 Å². The predicted molar refractivity (Wildman–Crippen MR) is 151 cm³/mol. The van der Waals surface area contributed by atoms with E-state index in [0.717, 1.165) is 11.3 Å². The van der Waals surface area contributed by atoms with Crippen molar-refractivity contribution in [1.82, 2.24) is 4.90 Å². The molecule has 3 atom stereocenters. The van der Waals surface area contributed by atoms with Gasteiger partial charge in [-0.05, 0) is 47.0 Å². The van der Waals surface area contributed by atoms with Crippen LogP contribution >= 0.6 is 0 Å². The van der Waals surface area contributed by atoms with Crippen LogP contribution in [0.1, 0.15) is 46.6 Å². The van der Waals surface area contributed by atoms with Gasteiger partial charge >= 0.3 is 6.09 Å². The Morgan fingerprint density at radius 2 is 1.46 bits per heavy atom. The quantitative estimate of drug-likeness (QED) is 0.339. The molecular formula is C31H39NO4Si. The Hall–Kier alpha value is -3.09. The van der Waals surface area contributed by atoms with Crippen molar-refractivity contribution in [3.63, 3.8) is 0 Å². The molecule has 0 bridgehead atoms. The standard InChI is InChI=1S/C31H39NO4Si/c1-23(21-29-24(2)32(30(33)35-29)22-25-17-19-26(34-6)20-18-25)36-37(31(3,4)5,27-13-9-7-10-14-27)28-15-11-8-12-16-28/h7-20,23-24,29H,21-22H2,1-6H3/t23?,24-,29+/m0/s1. The van der Waals surface area contributed by atoms with E-state index >= 15 is 0 Å². The summed E-state index contributed by atoms with van der Waals surface area (Å²) >= 11 is 0. The first-order valence-electron chi connectivity index (χ1n) is 13.0. The molecule has 5 nitrogen and oxygen atoms in total. The molecule has 0 radical (unpaired) electrons. The molecule has 1 unspecified atom stereocenters. The SMILES string of the molecule is COc1ccc(CN2C(=O)O[C@H](CC(C)O[Si](c3ccccc3)(c3ccccc3)C(C)(C)C)[C@@H]2C)cc1. The second kappa shape index (κ2) is 11.1. The van der Waals surface area contributed by atoms with Crippen molar-refractivity contribution in [2.24, 2.45) is 0 Å². The van der Waals surface area contributed by atoms with Crippen LogP contribution in [0.15, 0.2) is 84.9 Å². The van der Waals surface area contributed by atoms with E-state index in [0.29, 0.717) is 13.0 Å². The lowest BCUT2D eigenvalue weighted by Crippen LogP contribution is -2.67. The number of hydrogen-bond acceptors (Lipinski definition) is 4. The molecule has 1 heterocycles. The Morgan fingerprint density at radius 1 is 0.919 bits per heavy atom. The van der Waals surface area contributed by atoms with Gasteiger partial charge in [-0.3, -0.25) is 4.90 Å². The largest absolute Gasteiger partial charge is 0.497 e. The van der Waals surface area contributed by atoms with E-state index in [9.17, 15) is 4.79 Å². The van der Waals surface area contributed by atoms with Crippen molar-refractivity contribution in [2.45, 2.75) is 70.9 Å². The lowest BCUT2D eigenvalue weighted by molar-refractivity contribution is 0.0890. The Morgan fingerprint density at radius 3 is 1.95 bits per heavy atom. The highest BCUT2D eigenvalue weighted by Crippen LogP contribution is 2.38. The van der Waals surface area contributed by atoms with Gasteiger partial charge < -0.3 is 13.9 Å². The topological polar surface area (TPSA) is 48.0 Å². The van der Waals surface area contributed by atoms with Crippen LogP contribution in [0, 0.1) is 0 Å². The third-order valence-electron chi connectivity index (χ3n) is 7.39. The van der Waals surface area contributed by atoms with Crippen molar-refractivity contribution in [3.05, 3.63) is 90.5 Å². The Labute approximate surface area is 222 Å². The van der Waals surface area contributed by atoms with Crippen LogP contribution < -0.4 is 15.1 Å². The number of ether oxygens (including phenoxy) is 2. The minimum absolute atomic E-state index is 0.0557. The van der Waals surface area contributed by atoms with Gasteiger partial charge in [0.1, 0.15) is 11.9 Å². The van der Waals surface area contributed by atoms with Crippen LogP contribution in [-0.4, -0.2) is 44.7 Å². The lowest BCUT2D eigenvalue weighted by atomic mass is 10.1. The van der Waals surface area contributed by atoms with E-state index in [1.165, 1.54) is 10.4 Å². The van der Waals surface area contributed by atoms with Gasteiger partial charge in [-0.15, -0.1) is 0 Å². The molecule has 0 spiro atoms. The third-order valence-corrected chi connectivity index (χ3v) is 12.5. The van der Waals surface area contributed by atoms with E-state index in [-0.39, 0.29) is 29.4 Å². The van der Waals surface area contributed by atoms with Crippen LogP contribution in [0.2, 0.25) is 5.04 Å². The average molecular weight is 518 g/mol. The molecule has 1 amide bonds. The van der Waals surface area contributed by atoms with Crippen molar-refractivity contribution >= 4 is 24.8 Å². The van der Waals surface area contributed by atoms with Gasteiger partial charge in [0.2, 0.25) is 0 Å². The summed E-state index contributed by atoms with van der Waals surface area (Å²) in [7, 11) is -1.03. The predicted octanol–water partition coefficient (Wildman–Crippen LogP) is 5.76. The molecule has 0 saturated carbocycles. The number of benzene rings is 3. The zero-order valence-electron chi connectivity index (χ0n) is 22.8. The molecule has 1 saturated heterocycles. The van der Waals surface area contributed by atoms with Gasteiger partial charge in [-0.1, -0.05) is 93.6 Å². The van der Waals surface area contributed by atoms with Crippen LogP contribution in [0.5, 0.6) is 5.75 Å². The van der Waals surface area contributed by atoms with Gasteiger partial charge in [0, 0.05) is 19.1 Å². The van der Waals surface area contributed by atoms with Crippen molar-refractivity contribution in [2.75, 3.05) is 7.11 Å². The molecule has 1 fully saturated rings. The van der Waals surface area contributed by atoms with Crippen LogP contribution in [-0.2, 0) is 15.7 Å². The zero-order valence-corrected chi connectivity index (χ0v) is 23.8. The summed E-state index contributed by atoms with van der Waals surface area (Å²) in [4.78, 5) is 14.6. The summed E-state index contributed by atoms with van der Waals surface area (Å²) in [6.45, 7) is 11.5. The maximum Gasteiger partial charge on any atom is 0.410 e. The zero-order chi connectivity index (χ0) is 26.6. The second-order valence-electron chi connectivity index (χ2n) is 11.0. The molecule has 1 aliphatic heterocycles. The van der Waals surface area contributed by atoms with Crippen LogP contribution in [0.4, 0.5) is 4.79 Å². The first kappa shape index (κ1) is 27.0. The molecule has 37 heavy (non-hydrogen) atoms. The van der Waals surface area contributed by atoms with E-state index in [2.05, 4.69) is 95.3 Å². The minimum Gasteiger partial charge on any atom is -0.497 e. The van der Waals surface area contributed by atoms with Gasteiger partial charge in [0.15, 0.2) is 0 Å². The van der Waals surface area contributed by atoms with Crippen molar-refractivity contribution < 1.29 is 18.7 Å². The first-order valence-corrected chi connectivity index (χ1v) is 15.0. The fourth-order valence-corrected chi connectivity index (χ4v) is 10.1. The fraction of sp³-hybridized carbons (Fsp3) is 0.387. The average Bonchev–Trinajstić information content (AvgIpc) is 3.15. The molecule has 0 N–H and O–H groups in total. The summed E-state index contributed by atoms with van der Waals surface area (Å²) in [5.41, 5.74) is 1.04. The Balaban J connectivity index is 1.55. The molecule has 6 heteroatoms. The number of methoxy groups -OCH3 is 1. The molecule has 0 aliphatic carbocycles. The van der Waals surface area contributed by atoms with Gasteiger partial charge in [0.25, 0.3) is 8.32 Å². The second-order valence-corrected chi connectivity index (χ2v) is 15.2. The molecule has 4 rings (SSSR count). The Kier molecular flexibility index (Phi) is 8.10. The number of nitrogens with zero attached hydrogens (tertiary/aromatic N) is 1. The summed E-state index contributed by atoms with van der Waals surface area (Å²) in [6, 6.07) is 29.0.